The summed E-state index contributed by atoms with van der Waals surface area (Å²) in [5.74, 6) is 1.21. The number of unbranched alkanes of at least 4 members (excludes halogenated alkanes) is 1. The first-order valence-electron chi connectivity index (χ1n) is 13.4. The van der Waals surface area contributed by atoms with Crippen molar-refractivity contribution in [3.05, 3.63) is 70.8 Å². The van der Waals surface area contributed by atoms with Crippen molar-refractivity contribution in [1.82, 2.24) is 35.1 Å². The van der Waals surface area contributed by atoms with Crippen LogP contribution in [0, 0.1) is 0 Å². The van der Waals surface area contributed by atoms with Crippen LogP contribution in [0.1, 0.15) is 56.6 Å². The number of tetrazole rings is 1. The summed E-state index contributed by atoms with van der Waals surface area (Å²) < 4.78 is 7.86. The molecule has 0 unspecified atom stereocenters. The Morgan fingerprint density at radius 3 is 2.46 bits per heavy atom. The minimum absolute atomic E-state index is 0.0843. The van der Waals surface area contributed by atoms with Crippen LogP contribution < -0.4 is 0 Å². The maximum atomic E-state index is 12.8. The largest absolute Gasteiger partial charge is 0.458 e. The smallest absolute Gasteiger partial charge is 0.323 e. The molecule has 9 nitrogen and oxygen atoms in total. The molecule has 39 heavy (non-hydrogen) atoms. The lowest BCUT2D eigenvalue weighted by Gasteiger charge is -2.22. The van der Waals surface area contributed by atoms with Gasteiger partial charge >= 0.3 is 5.97 Å². The van der Waals surface area contributed by atoms with Gasteiger partial charge in [-0.2, -0.15) is 5.21 Å². The molecule has 0 aliphatic heterocycles. The number of aromatic amines is 1. The third-order valence-corrected chi connectivity index (χ3v) is 7.09. The fourth-order valence-electron chi connectivity index (χ4n) is 4.63. The summed E-state index contributed by atoms with van der Waals surface area (Å²) in [6.07, 6.45) is 4.48. The van der Waals surface area contributed by atoms with E-state index in [1.165, 1.54) is 0 Å². The van der Waals surface area contributed by atoms with Gasteiger partial charge in [-0.3, -0.25) is 9.69 Å². The molecule has 0 aliphatic rings. The van der Waals surface area contributed by atoms with Crippen molar-refractivity contribution in [2.24, 2.45) is 0 Å². The molecule has 0 bridgehead atoms. The van der Waals surface area contributed by atoms with Crippen molar-refractivity contribution in [2.45, 2.75) is 65.1 Å². The molecule has 4 rings (SSSR count). The van der Waals surface area contributed by atoms with E-state index in [1.807, 2.05) is 43.3 Å². The number of hydrogen-bond acceptors (Lipinski definition) is 7. The van der Waals surface area contributed by atoms with Crippen molar-refractivity contribution in [3.8, 4) is 22.5 Å². The fourth-order valence-corrected chi connectivity index (χ4v) is 4.88. The van der Waals surface area contributed by atoms with E-state index in [4.69, 9.17) is 16.3 Å². The standard InChI is InChI=1S/C29H36ClN7O2/c1-5-7-13-26-31-27(30)25(19-39-29(38)24(10-6-2)36(3)4)37(26)18-20-14-16-21(17-15-20)22-11-8-9-12-23(22)28-32-34-35-33-28/h8-9,11-12,14-17,24H,5-7,10,13,18-19H2,1-4H3,(H,32,33,34,35)/t24-/m0/s1. The number of carbonyl (C=O) groups is 1. The molecule has 0 amide bonds. The molecule has 0 radical (unpaired) electrons. The zero-order chi connectivity index (χ0) is 27.8. The average molecular weight is 550 g/mol. The first-order valence-corrected chi connectivity index (χ1v) is 13.8. The molecule has 10 heteroatoms. The van der Waals surface area contributed by atoms with Gasteiger partial charge in [-0.25, -0.2) is 4.98 Å². The molecule has 0 saturated heterocycles. The lowest BCUT2D eigenvalue weighted by molar-refractivity contribution is -0.150. The van der Waals surface area contributed by atoms with Gasteiger partial charge in [-0.1, -0.05) is 86.8 Å². The fraction of sp³-hybridized carbons (Fsp3) is 0.414. The van der Waals surface area contributed by atoms with Gasteiger partial charge < -0.3 is 9.30 Å². The van der Waals surface area contributed by atoms with E-state index in [2.05, 4.69) is 68.3 Å². The number of benzene rings is 2. The van der Waals surface area contributed by atoms with Crippen LogP contribution in [0.4, 0.5) is 0 Å². The number of halogens is 1. The van der Waals surface area contributed by atoms with Gasteiger partial charge in [0.25, 0.3) is 0 Å². The minimum atomic E-state index is -0.285. The zero-order valence-corrected chi connectivity index (χ0v) is 23.8. The second-order valence-corrected chi connectivity index (χ2v) is 10.2. The number of rotatable bonds is 13. The van der Waals surface area contributed by atoms with Crippen LogP contribution in [0.5, 0.6) is 0 Å². The van der Waals surface area contributed by atoms with Crippen molar-refractivity contribution in [3.63, 3.8) is 0 Å². The van der Waals surface area contributed by atoms with E-state index >= 15 is 0 Å². The molecule has 2 aromatic carbocycles. The van der Waals surface area contributed by atoms with Crippen LogP contribution >= 0.6 is 11.6 Å². The molecule has 2 heterocycles. The number of aromatic nitrogens is 6. The van der Waals surface area contributed by atoms with Crippen molar-refractivity contribution in [2.75, 3.05) is 14.1 Å². The number of ether oxygens (including phenoxy) is 1. The SMILES string of the molecule is CCCCc1nc(Cl)c(COC(=O)[C@H](CCC)N(C)C)n1Cc1ccc(-c2ccccc2-c2nn[nH]n2)cc1. The normalized spacial score (nSPS) is 12.2. The Bertz CT molecular complexity index is 1350. The molecule has 4 aromatic rings. The number of carbonyl (C=O) groups excluding carboxylic acids is 1. The highest BCUT2D eigenvalue weighted by molar-refractivity contribution is 6.30. The first-order chi connectivity index (χ1) is 18.9. The van der Waals surface area contributed by atoms with Gasteiger partial charge in [0.2, 0.25) is 5.82 Å². The monoisotopic (exact) mass is 549 g/mol. The zero-order valence-electron chi connectivity index (χ0n) is 23.0. The molecule has 1 N–H and O–H groups in total. The van der Waals surface area contributed by atoms with Gasteiger partial charge in [-0.15, -0.1) is 10.2 Å². The topological polar surface area (TPSA) is 102 Å². The number of imidazole rings is 1. The molecule has 0 saturated carbocycles. The molecule has 0 aliphatic carbocycles. The van der Waals surface area contributed by atoms with E-state index in [9.17, 15) is 4.79 Å². The summed E-state index contributed by atoms with van der Waals surface area (Å²) in [4.78, 5) is 19.4. The van der Waals surface area contributed by atoms with Crippen LogP contribution in [0.3, 0.4) is 0 Å². The summed E-state index contributed by atoms with van der Waals surface area (Å²) in [5.41, 5.74) is 4.79. The number of nitrogens with one attached hydrogen (secondary N) is 1. The highest BCUT2D eigenvalue weighted by Crippen LogP contribution is 2.30. The maximum Gasteiger partial charge on any atom is 0.323 e. The molecule has 0 fully saturated rings. The molecule has 0 spiro atoms. The maximum absolute atomic E-state index is 12.8. The third kappa shape index (κ3) is 6.91. The molecule has 2 aromatic heterocycles. The highest BCUT2D eigenvalue weighted by Gasteiger charge is 2.24. The number of nitrogens with zero attached hydrogens (tertiary/aromatic N) is 6. The average Bonchev–Trinajstić information content (AvgIpc) is 3.58. The van der Waals surface area contributed by atoms with Gasteiger partial charge in [0.05, 0.1) is 5.69 Å². The van der Waals surface area contributed by atoms with Gasteiger partial charge in [0, 0.05) is 18.5 Å². The van der Waals surface area contributed by atoms with Crippen LogP contribution in [0.15, 0.2) is 48.5 Å². The quantitative estimate of drug-likeness (QED) is 0.218. The van der Waals surface area contributed by atoms with Crippen LogP contribution in [-0.4, -0.2) is 61.2 Å². The summed E-state index contributed by atoms with van der Waals surface area (Å²) in [7, 11) is 3.79. The second kappa shape index (κ2) is 13.5. The van der Waals surface area contributed by atoms with E-state index in [0.717, 1.165) is 65.9 Å². The van der Waals surface area contributed by atoms with Crippen molar-refractivity contribution in [1.29, 1.82) is 0 Å². The van der Waals surface area contributed by atoms with Crippen molar-refractivity contribution < 1.29 is 9.53 Å². The molecular formula is C29H36ClN7O2. The lowest BCUT2D eigenvalue weighted by atomic mass is 9.98. The molecule has 206 valence electrons. The van der Waals surface area contributed by atoms with Gasteiger partial charge in [0.15, 0.2) is 5.15 Å². The molecular weight excluding hydrogens is 514 g/mol. The Balaban J connectivity index is 1.57. The Morgan fingerprint density at radius 2 is 1.82 bits per heavy atom. The third-order valence-electron chi connectivity index (χ3n) is 6.78. The minimum Gasteiger partial charge on any atom is -0.458 e. The Labute approximate surface area is 234 Å². The highest BCUT2D eigenvalue weighted by atomic mass is 35.5. The number of esters is 1. The van der Waals surface area contributed by atoms with Crippen molar-refractivity contribution >= 4 is 17.6 Å². The Kier molecular flexibility index (Phi) is 9.84. The Hall–Kier alpha value is -3.56. The Morgan fingerprint density at radius 1 is 1.08 bits per heavy atom. The van der Waals surface area contributed by atoms with Crippen LogP contribution in [0.2, 0.25) is 5.15 Å². The molecule has 1 atom stereocenters. The summed E-state index contributed by atoms with van der Waals surface area (Å²) >= 11 is 6.60. The number of likely N-dealkylation sites (N-methyl/N-ethyl adjacent to an activating group) is 1. The summed E-state index contributed by atoms with van der Waals surface area (Å²) in [6.45, 7) is 4.87. The van der Waals surface area contributed by atoms with E-state index in [1.54, 1.807) is 0 Å². The van der Waals surface area contributed by atoms with Gasteiger partial charge in [-0.05, 0) is 48.8 Å². The van der Waals surface area contributed by atoms with Crippen LogP contribution in [0.25, 0.3) is 22.5 Å². The van der Waals surface area contributed by atoms with E-state index in [0.29, 0.717) is 17.5 Å². The number of aryl methyl sites for hydroxylation is 1. The number of hydrogen-bond donors (Lipinski definition) is 1. The van der Waals surface area contributed by atoms with Crippen LogP contribution in [-0.2, 0) is 29.1 Å². The lowest BCUT2D eigenvalue weighted by Crippen LogP contribution is -2.37. The predicted octanol–water partition coefficient (Wildman–Crippen LogP) is 5.55. The predicted molar refractivity (Wildman–Crippen MR) is 152 cm³/mol. The van der Waals surface area contributed by atoms with Gasteiger partial charge in [0.1, 0.15) is 18.5 Å². The summed E-state index contributed by atoms with van der Waals surface area (Å²) in [5, 5.41) is 14.9. The summed E-state index contributed by atoms with van der Waals surface area (Å²) in [6, 6.07) is 16.1. The second-order valence-electron chi connectivity index (χ2n) is 9.81. The first kappa shape index (κ1) is 28.4. The van der Waals surface area contributed by atoms with E-state index in [-0.39, 0.29) is 18.6 Å². The van der Waals surface area contributed by atoms with E-state index < -0.39 is 0 Å². The number of H-pyrrole nitrogens is 1.